The van der Waals surface area contributed by atoms with E-state index in [0.717, 1.165) is 72.4 Å². The topological polar surface area (TPSA) is 471 Å². The summed E-state index contributed by atoms with van der Waals surface area (Å²) in [5, 5.41) is 43.0. The summed E-state index contributed by atoms with van der Waals surface area (Å²) >= 11 is 0. The average Bonchev–Trinajstić information content (AvgIpc) is 1.56. The first kappa shape index (κ1) is 104. The highest BCUT2D eigenvalue weighted by Crippen LogP contribution is 2.40. The molecule has 1 aliphatic carbocycles. The molecule has 36 heteroatoms. The van der Waals surface area contributed by atoms with Gasteiger partial charge in [0.15, 0.2) is 17.0 Å². The number of oxazole rings is 1. The number of nitrogen functional groups attached to an aromatic ring is 2. The number of rotatable bonds is 32. The van der Waals surface area contributed by atoms with Crippen molar-refractivity contribution in [3.63, 3.8) is 0 Å². The number of aromatic nitrogens is 5. The van der Waals surface area contributed by atoms with Crippen molar-refractivity contribution in [2.75, 3.05) is 151 Å². The Morgan fingerprint density at radius 3 is 2.10 bits per heavy atom. The van der Waals surface area contributed by atoms with Gasteiger partial charge in [-0.1, -0.05) is 82.4 Å². The van der Waals surface area contributed by atoms with Gasteiger partial charge in [-0.2, -0.15) is 10.1 Å². The second-order valence-corrected chi connectivity index (χ2v) is 37.0. The summed E-state index contributed by atoms with van der Waals surface area (Å²) in [6.07, 6.45) is 12.7. The zero-order valence-corrected chi connectivity index (χ0v) is 79.1. The number of Topliss-reactive ketones (excluding diaryl/α,β-unsaturated/α-hetero) is 3. The summed E-state index contributed by atoms with van der Waals surface area (Å²) < 4.78 is 71.3. The van der Waals surface area contributed by atoms with Crippen molar-refractivity contribution in [1.29, 1.82) is 0 Å². The Morgan fingerprint density at radius 1 is 0.694 bits per heavy atom. The third-order valence-corrected chi connectivity index (χ3v) is 27.4. The van der Waals surface area contributed by atoms with Crippen LogP contribution in [0.1, 0.15) is 167 Å². The van der Waals surface area contributed by atoms with Crippen molar-refractivity contribution in [2.45, 2.75) is 237 Å². The molecule has 0 spiro atoms. The Balaban J connectivity index is 0.479. The number of nitrogens with zero attached hydrogens (tertiary/aromatic N) is 9. The molecule has 36 nitrogen and oxygen atoms in total. The number of piperidine rings is 3. The van der Waals surface area contributed by atoms with E-state index in [1.165, 1.54) is 32.0 Å². The fourth-order valence-corrected chi connectivity index (χ4v) is 19.5. The van der Waals surface area contributed by atoms with E-state index in [1.807, 2.05) is 76.9 Å². The van der Waals surface area contributed by atoms with Gasteiger partial charge in [-0.05, 0) is 181 Å². The maximum Gasteiger partial charge on any atom is 0.407 e. The van der Waals surface area contributed by atoms with Crippen LogP contribution in [0.4, 0.5) is 16.6 Å². The molecule has 4 saturated heterocycles. The summed E-state index contributed by atoms with van der Waals surface area (Å²) in [5.41, 5.74) is 27.0. The predicted molar refractivity (Wildman–Crippen MR) is 497 cm³/mol. The fraction of sp³-hybridized carbons (Fsp3) is 0.653. The number of anilines is 2. The Hall–Kier alpha value is -9.38. The molecule has 1 saturated carbocycles. The monoisotopic (exact) mass is 1870 g/mol. The number of nitrogens with two attached hydrogens (primary N) is 3. The third kappa shape index (κ3) is 28.2. The number of hydrogen-bond donors (Lipinski definition) is 7. The van der Waals surface area contributed by atoms with Crippen LogP contribution in [-0.4, -0.2) is 313 Å². The average molecular weight is 1870 g/mol. The predicted octanol–water partition coefficient (Wildman–Crippen LogP) is 7.89. The van der Waals surface area contributed by atoms with Crippen LogP contribution in [0, 0.1) is 35.5 Å². The van der Waals surface area contributed by atoms with Crippen molar-refractivity contribution in [3.05, 3.63) is 107 Å². The first-order valence-electron chi connectivity index (χ1n) is 47.9. The molecule has 4 amide bonds. The molecular formula is C98H141N13O23. The Bertz CT molecular complexity index is 4870. The van der Waals surface area contributed by atoms with Crippen LogP contribution in [0.15, 0.2) is 94.7 Å². The van der Waals surface area contributed by atoms with Crippen molar-refractivity contribution < 1.29 is 110 Å². The summed E-state index contributed by atoms with van der Waals surface area (Å²) in [6.45, 7) is 19.3. The number of benzene rings is 2. The number of ether oxygens (including phenoxy) is 11. The number of amides is 4. The van der Waals surface area contributed by atoms with Gasteiger partial charge in [-0.15, -0.1) is 0 Å². The van der Waals surface area contributed by atoms with Gasteiger partial charge in [0.05, 0.1) is 116 Å². The highest BCUT2D eigenvalue weighted by Gasteiger charge is 2.54. The van der Waals surface area contributed by atoms with Gasteiger partial charge in [0.1, 0.15) is 59.6 Å². The summed E-state index contributed by atoms with van der Waals surface area (Å²) in [4.78, 5) is 133. The molecule has 5 fully saturated rings. The lowest BCUT2D eigenvalue weighted by molar-refractivity contribution is -0.265. The molecule has 10 N–H and O–H groups in total. The van der Waals surface area contributed by atoms with Gasteiger partial charge in [-0.25, -0.2) is 24.2 Å². The Morgan fingerprint density at radius 2 is 1.40 bits per heavy atom. The van der Waals surface area contributed by atoms with Crippen LogP contribution < -0.4 is 22.5 Å². The molecule has 15 atom stereocenters. The Kier molecular flexibility index (Phi) is 39.1. The number of aliphatic hydroxyl groups is 3. The van der Waals surface area contributed by atoms with E-state index < -0.39 is 120 Å². The minimum Gasteiger partial charge on any atom is -0.459 e. The molecule has 736 valence electrons. The third-order valence-electron chi connectivity index (χ3n) is 27.4. The number of fused-ring (bicyclic) bond motifs is 6. The number of hydrogen-bond acceptors (Lipinski definition) is 31. The number of likely N-dealkylation sites (tertiary alicyclic amines) is 2. The van der Waals surface area contributed by atoms with Gasteiger partial charge in [0.2, 0.25) is 17.6 Å². The molecule has 6 aliphatic heterocycles. The van der Waals surface area contributed by atoms with Crippen molar-refractivity contribution in [3.8, 4) is 11.3 Å². The molecule has 5 aromatic rings. The number of cyclic esters (lactones) is 1. The first-order valence-corrected chi connectivity index (χ1v) is 47.9. The van der Waals surface area contributed by atoms with Crippen LogP contribution in [0.25, 0.3) is 33.4 Å². The van der Waals surface area contributed by atoms with Gasteiger partial charge < -0.3 is 114 Å². The van der Waals surface area contributed by atoms with E-state index >= 15 is 0 Å². The zero-order chi connectivity index (χ0) is 95.5. The number of esters is 1. The van der Waals surface area contributed by atoms with Crippen LogP contribution in [0.2, 0.25) is 0 Å². The number of alkyl carbamates (subject to hydrolysis) is 1. The molecule has 3 aromatic heterocycles. The highest BCUT2D eigenvalue weighted by atomic mass is 16.6. The van der Waals surface area contributed by atoms with Gasteiger partial charge in [0, 0.05) is 108 Å². The molecule has 7 aliphatic rings. The number of nitrogens with one attached hydrogen (secondary N) is 1. The van der Waals surface area contributed by atoms with Crippen LogP contribution >= 0.6 is 0 Å². The fourth-order valence-electron chi connectivity index (χ4n) is 19.5. The van der Waals surface area contributed by atoms with Gasteiger partial charge in [0.25, 0.3) is 17.7 Å². The number of methoxy groups -OCH3 is 2. The minimum atomic E-state index is -2.51. The molecule has 0 unspecified atom stereocenters. The zero-order valence-electron chi connectivity index (χ0n) is 79.1. The van der Waals surface area contributed by atoms with E-state index in [2.05, 4.69) is 43.4 Å². The van der Waals surface area contributed by atoms with E-state index in [9.17, 15) is 53.7 Å². The molecule has 9 heterocycles. The molecule has 2 bridgehead atoms. The van der Waals surface area contributed by atoms with Gasteiger partial charge in [-0.3, -0.25) is 28.8 Å². The highest BCUT2D eigenvalue weighted by molar-refractivity contribution is 6.39. The van der Waals surface area contributed by atoms with Crippen LogP contribution in [0.5, 0.6) is 0 Å². The first-order chi connectivity index (χ1) is 64.6. The summed E-state index contributed by atoms with van der Waals surface area (Å²) in [7, 11) is 3.06. The van der Waals surface area contributed by atoms with Crippen LogP contribution in [-0.2, 0) is 105 Å². The second kappa shape index (κ2) is 50.6. The number of ketones is 3. The Labute approximate surface area is 784 Å². The van der Waals surface area contributed by atoms with E-state index in [1.54, 1.807) is 27.9 Å². The lowest BCUT2D eigenvalue weighted by Gasteiger charge is -2.42. The smallest absolute Gasteiger partial charge is 0.407 e. The van der Waals surface area contributed by atoms with E-state index in [0.29, 0.717) is 196 Å². The van der Waals surface area contributed by atoms with E-state index in [-0.39, 0.29) is 86.7 Å². The SMILES string of the molecule is CO[C@H]1C[C@@H]2CC[C@@H](C)[C@@](O)(O2)C(=O)C(=O)N2CCCC[C@H]2C(=O)O[C@H]([C@H](N)C[C@@H]2CC[C@@H](OC(=O)NCCOCCOCCOCCOCCOCCOCCC(=O)N3CCC(N4CCC(C(=O)N5CCc6cc(Cn7nc(-c8ccc9oc(N)nc9c8)c8c(N)ncnc87)ccc6C5)CC4)CC3)[C@H](OC)C2)CC(=O)[C@H](C)/C=C(\C)[C@@H](O)[C@@H](O)C(=O)[C@H](C)C[C@H](C)/C=C/C=C/C=C/1C. The maximum absolute atomic E-state index is 14.7. The summed E-state index contributed by atoms with van der Waals surface area (Å²) in [6, 6.07) is 10.2. The number of aliphatic hydroxyl groups excluding tert-OH is 2. The number of allylic oxidation sites excluding steroid dienone is 6. The minimum absolute atomic E-state index is 0.00315. The molecule has 134 heavy (non-hydrogen) atoms. The number of carbonyl (C=O) groups is 8. The normalized spacial score (nSPS) is 28.0. The standard InChI is InChI=1S/C98H141N13O23/c1-61-14-10-9-11-15-62(2)81(123-7)56-74-22-17-66(6)98(122,134-74)90(117)94(119)110-32-13-12-16-77(110)95(120)131-82(57-78(112)63(3)51-65(5)88(115)89(116)87(114)64(4)50-61)75(99)53-67-19-23-80(83(54-67)124-8)133-97(121)102-31-39-126-41-43-128-45-47-130-49-48-129-46-44-127-42-40-125-38-30-84(113)108-36-28-73(29-37-108)107-33-25-69(26-34-107)93(118)109-35-27-70-52-68(18-20-72(70)59-109)58-111-92-85(91(100)103-60-104-92)86(106-111)71-21-24-79-76(55-71)105-96(101)132-79/h9-11,14-15,18,20-21,24,51-52,55,60-61,63-64,66-67,69,73-75,77,80-83,88-89,115-116,122H,12-13,16-17,19,22-23,25-50,53-54,56-59,99H2,1-8H3,(H2,101,105)(H,102,121)(H2,100,103,104)/b11-9+,14-10+,62-15+,65-51+/t61-,63-,64-,66-,67+,74+,75-,77+,80-,81+,82+,83-,88-,89+,98-/m1/s1. The van der Waals surface area contributed by atoms with Crippen molar-refractivity contribution >= 4 is 81.1 Å². The lowest BCUT2D eigenvalue weighted by Crippen LogP contribution is -2.61. The van der Waals surface area contributed by atoms with Crippen molar-refractivity contribution in [2.24, 2.45) is 41.2 Å². The molecule has 2 aromatic carbocycles. The second-order valence-electron chi connectivity index (χ2n) is 37.0. The molecule has 0 radical (unpaired) electrons. The quantitative estimate of drug-likeness (QED) is 0.00930. The molecular weight excluding hydrogens is 1730 g/mol. The van der Waals surface area contributed by atoms with Crippen molar-refractivity contribution in [1.82, 2.24) is 49.6 Å². The van der Waals surface area contributed by atoms with Crippen LogP contribution in [0.3, 0.4) is 0 Å². The summed E-state index contributed by atoms with van der Waals surface area (Å²) in [5.74, 6) is -8.66. The number of carbonyl (C=O) groups excluding carboxylic acids is 8. The largest absolute Gasteiger partial charge is 0.459 e. The maximum atomic E-state index is 14.7. The van der Waals surface area contributed by atoms with Gasteiger partial charge >= 0.3 is 12.1 Å². The van der Waals surface area contributed by atoms with E-state index in [4.69, 9.17) is 78.8 Å². The molecule has 12 rings (SSSR count). The lowest BCUT2D eigenvalue weighted by atomic mass is 9.80.